The molecular weight excluding hydrogens is 360 g/mol. The van der Waals surface area contributed by atoms with Crippen molar-refractivity contribution in [2.75, 3.05) is 5.75 Å². The van der Waals surface area contributed by atoms with Gasteiger partial charge in [-0.25, -0.2) is 4.98 Å². The molecule has 0 spiro atoms. The molecule has 0 unspecified atom stereocenters. The van der Waals surface area contributed by atoms with Gasteiger partial charge in [0, 0.05) is 17.7 Å². The molecule has 0 bridgehead atoms. The number of aromatic nitrogens is 3. The largest absolute Gasteiger partial charge is 0.508 e. The lowest BCUT2D eigenvalue weighted by atomic mass is 10.0. The van der Waals surface area contributed by atoms with Crippen molar-refractivity contribution in [1.29, 1.82) is 0 Å². The zero-order valence-corrected chi connectivity index (χ0v) is 13.9. The third-order valence-corrected chi connectivity index (χ3v) is 4.20. The number of hydrogen-bond acceptors (Lipinski definition) is 7. The monoisotopic (exact) mass is 372 g/mol. The molecule has 132 valence electrons. The molecule has 0 saturated heterocycles. The molecule has 0 saturated carbocycles. The molecule has 0 aliphatic carbocycles. The number of nitro groups is 1. The van der Waals surface area contributed by atoms with Crippen molar-refractivity contribution in [3.8, 4) is 28.3 Å². The molecular formula is C16H12N4O5S. The number of H-pyrrole nitrogens is 1. The molecule has 1 aromatic heterocycles. The number of phenolic OH excluding ortho intramolecular Hbond substituents is 1. The third-order valence-electron chi connectivity index (χ3n) is 3.37. The Kier molecular flexibility index (Phi) is 4.85. The molecule has 3 rings (SSSR count). The van der Waals surface area contributed by atoms with E-state index in [0.29, 0.717) is 16.7 Å². The zero-order valence-electron chi connectivity index (χ0n) is 13.1. The van der Waals surface area contributed by atoms with Crippen LogP contribution < -0.4 is 0 Å². The number of carbonyl (C=O) groups is 1. The smallest absolute Gasteiger partial charge is 0.313 e. The summed E-state index contributed by atoms with van der Waals surface area (Å²) in [5.41, 5.74) is 1.42. The predicted octanol–water partition coefficient (Wildman–Crippen LogP) is 2.93. The van der Waals surface area contributed by atoms with Crippen LogP contribution in [0.15, 0.2) is 47.6 Å². The number of nitro benzene ring substituents is 1. The van der Waals surface area contributed by atoms with Gasteiger partial charge in [0.05, 0.1) is 10.7 Å². The summed E-state index contributed by atoms with van der Waals surface area (Å²) in [6, 6.07) is 10.8. The molecule has 0 radical (unpaired) electrons. The fourth-order valence-electron chi connectivity index (χ4n) is 2.27. The lowest BCUT2D eigenvalue weighted by Crippen LogP contribution is -1.97. The number of benzene rings is 2. The van der Waals surface area contributed by atoms with E-state index in [1.54, 1.807) is 18.2 Å². The van der Waals surface area contributed by atoms with Crippen LogP contribution in [-0.2, 0) is 4.79 Å². The maximum absolute atomic E-state index is 11.3. The lowest BCUT2D eigenvalue weighted by molar-refractivity contribution is -0.384. The van der Waals surface area contributed by atoms with Crippen LogP contribution in [0.4, 0.5) is 5.69 Å². The van der Waals surface area contributed by atoms with Gasteiger partial charge in [0.15, 0.2) is 5.82 Å². The van der Waals surface area contributed by atoms with Gasteiger partial charge in [-0.1, -0.05) is 23.9 Å². The number of thioether (sulfide) groups is 1. The first-order chi connectivity index (χ1) is 12.4. The predicted molar refractivity (Wildman–Crippen MR) is 93.9 cm³/mol. The number of aromatic amines is 1. The Morgan fingerprint density at radius 1 is 1.19 bits per heavy atom. The summed E-state index contributed by atoms with van der Waals surface area (Å²) in [5, 5.41) is 36.4. The number of hydrogen-bond donors (Lipinski definition) is 3. The van der Waals surface area contributed by atoms with Gasteiger partial charge in [0.2, 0.25) is 5.16 Å². The van der Waals surface area contributed by atoms with E-state index in [-0.39, 0.29) is 28.2 Å². The number of non-ortho nitro benzene ring substituents is 1. The number of nitrogens with zero attached hydrogens (tertiary/aromatic N) is 3. The SMILES string of the molecule is O=C(O)CSc1n[nH]c(-c2cc(-c3cccc(O)c3)cc([N+](=O)[O-])c2)n1. The Labute approximate surface area is 150 Å². The highest BCUT2D eigenvalue weighted by atomic mass is 32.2. The average molecular weight is 372 g/mol. The Morgan fingerprint density at radius 3 is 2.65 bits per heavy atom. The van der Waals surface area contributed by atoms with Gasteiger partial charge in [-0.3, -0.25) is 20.0 Å². The van der Waals surface area contributed by atoms with Crippen molar-refractivity contribution in [2.24, 2.45) is 0 Å². The minimum Gasteiger partial charge on any atom is -0.508 e. The highest BCUT2D eigenvalue weighted by molar-refractivity contribution is 7.99. The van der Waals surface area contributed by atoms with Gasteiger partial charge in [-0.2, -0.15) is 0 Å². The standard InChI is InChI=1S/C16H12N4O5S/c21-13-3-1-2-9(7-13)10-4-11(6-12(5-10)20(24)25)15-17-16(19-18-15)26-8-14(22)23/h1-7,21H,8H2,(H,22,23)(H,17,18,19). The summed E-state index contributed by atoms with van der Waals surface area (Å²) in [6.07, 6.45) is 0. The molecule has 0 amide bonds. The summed E-state index contributed by atoms with van der Waals surface area (Å²) in [6.45, 7) is 0. The maximum atomic E-state index is 11.3. The van der Waals surface area contributed by atoms with Crippen LogP contribution in [0.1, 0.15) is 0 Å². The topological polar surface area (TPSA) is 142 Å². The third kappa shape index (κ3) is 3.98. The highest BCUT2D eigenvalue weighted by Crippen LogP contribution is 2.31. The fraction of sp³-hybridized carbons (Fsp3) is 0.0625. The van der Waals surface area contributed by atoms with Crippen molar-refractivity contribution in [1.82, 2.24) is 15.2 Å². The highest BCUT2D eigenvalue weighted by Gasteiger charge is 2.15. The molecule has 3 aromatic rings. The number of phenols is 1. The zero-order chi connectivity index (χ0) is 18.7. The second-order valence-corrected chi connectivity index (χ2v) is 6.17. The molecule has 9 nitrogen and oxygen atoms in total. The van der Waals surface area contributed by atoms with E-state index in [1.807, 2.05) is 0 Å². The van der Waals surface area contributed by atoms with Crippen molar-refractivity contribution in [2.45, 2.75) is 5.16 Å². The Morgan fingerprint density at radius 2 is 1.96 bits per heavy atom. The lowest BCUT2D eigenvalue weighted by Gasteiger charge is -2.05. The first-order valence-electron chi connectivity index (χ1n) is 7.28. The van der Waals surface area contributed by atoms with E-state index >= 15 is 0 Å². The average Bonchev–Trinajstić information content (AvgIpc) is 3.08. The van der Waals surface area contributed by atoms with Crippen LogP contribution in [0.5, 0.6) is 5.75 Å². The number of aliphatic carboxylic acids is 1. The Bertz CT molecular complexity index is 988. The summed E-state index contributed by atoms with van der Waals surface area (Å²) in [7, 11) is 0. The summed E-state index contributed by atoms with van der Waals surface area (Å²) in [4.78, 5) is 25.5. The van der Waals surface area contributed by atoms with Crippen molar-refractivity contribution in [3.05, 3.63) is 52.6 Å². The maximum Gasteiger partial charge on any atom is 0.313 e. The van der Waals surface area contributed by atoms with E-state index in [1.165, 1.54) is 24.3 Å². The molecule has 0 aliphatic rings. The first kappa shape index (κ1) is 17.4. The van der Waals surface area contributed by atoms with Crippen LogP contribution in [0.25, 0.3) is 22.5 Å². The minimum atomic E-state index is -0.997. The molecule has 3 N–H and O–H groups in total. The van der Waals surface area contributed by atoms with Gasteiger partial charge in [0.25, 0.3) is 5.69 Å². The summed E-state index contributed by atoms with van der Waals surface area (Å²) < 4.78 is 0. The van der Waals surface area contributed by atoms with Gasteiger partial charge in [-0.15, -0.1) is 5.10 Å². The van der Waals surface area contributed by atoms with Crippen LogP contribution >= 0.6 is 11.8 Å². The second kappa shape index (κ2) is 7.23. The fourth-order valence-corrected chi connectivity index (χ4v) is 2.79. The first-order valence-corrected chi connectivity index (χ1v) is 8.27. The summed E-state index contributed by atoms with van der Waals surface area (Å²) >= 11 is 0.937. The Balaban J connectivity index is 2.01. The number of carboxylic acid groups (broad SMARTS) is 1. The van der Waals surface area contributed by atoms with Crippen LogP contribution in [-0.4, -0.2) is 42.0 Å². The van der Waals surface area contributed by atoms with E-state index in [2.05, 4.69) is 15.2 Å². The number of nitrogens with one attached hydrogen (secondary N) is 1. The molecule has 10 heteroatoms. The van der Waals surface area contributed by atoms with Gasteiger partial charge in [-0.05, 0) is 29.3 Å². The normalized spacial score (nSPS) is 10.6. The van der Waals surface area contributed by atoms with Gasteiger partial charge >= 0.3 is 5.97 Å². The minimum absolute atomic E-state index is 0.0441. The molecule has 2 aromatic carbocycles. The van der Waals surface area contributed by atoms with Gasteiger partial charge < -0.3 is 10.2 Å². The second-order valence-electron chi connectivity index (χ2n) is 5.23. The van der Waals surface area contributed by atoms with Gasteiger partial charge in [0.1, 0.15) is 5.75 Å². The molecule has 0 fully saturated rings. The van der Waals surface area contributed by atoms with Crippen LogP contribution in [0.2, 0.25) is 0 Å². The molecule has 0 aliphatic heterocycles. The molecule has 26 heavy (non-hydrogen) atoms. The van der Waals surface area contributed by atoms with Crippen molar-refractivity contribution in [3.63, 3.8) is 0 Å². The number of aromatic hydroxyl groups is 1. The quantitative estimate of drug-likeness (QED) is 0.340. The van der Waals surface area contributed by atoms with Crippen LogP contribution in [0.3, 0.4) is 0 Å². The van der Waals surface area contributed by atoms with E-state index in [9.17, 15) is 20.0 Å². The van der Waals surface area contributed by atoms with Crippen LogP contribution in [0, 0.1) is 10.1 Å². The number of carboxylic acids is 1. The van der Waals surface area contributed by atoms with Crippen molar-refractivity contribution < 1.29 is 19.9 Å². The summed E-state index contributed by atoms with van der Waals surface area (Å²) in [5.74, 6) is -0.866. The van der Waals surface area contributed by atoms with E-state index in [0.717, 1.165) is 11.8 Å². The van der Waals surface area contributed by atoms with E-state index < -0.39 is 10.9 Å². The Hall–Kier alpha value is -3.40. The molecule has 0 atom stereocenters. The van der Waals surface area contributed by atoms with Crippen molar-refractivity contribution >= 4 is 23.4 Å². The van der Waals surface area contributed by atoms with E-state index in [4.69, 9.17) is 5.11 Å². The molecule has 1 heterocycles. The number of rotatable bonds is 6.